The number of aromatic nitrogens is 2. The lowest BCUT2D eigenvalue weighted by molar-refractivity contribution is 0.0612. The Kier molecular flexibility index (Phi) is 5.92. The van der Waals surface area contributed by atoms with E-state index in [4.69, 9.17) is 12.6 Å². The van der Waals surface area contributed by atoms with E-state index in [1.807, 2.05) is 36.1 Å². The van der Waals surface area contributed by atoms with Gasteiger partial charge < -0.3 is 9.88 Å². The maximum atomic E-state index is 13.3. The van der Waals surface area contributed by atoms with Gasteiger partial charge >= 0.3 is 0 Å². The van der Waals surface area contributed by atoms with Crippen molar-refractivity contribution in [3.8, 4) is 0 Å². The van der Waals surface area contributed by atoms with E-state index in [0.29, 0.717) is 12.2 Å². The van der Waals surface area contributed by atoms with Crippen molar-refractivity contribution in [3.63, 3.8) is 0 Å². The van der Waals surface area contributed by atoms with E-state index in [9.17, 15) is 4.79 Å². The first-order valence-electron chi connectivity index (χ1n) is 10.3. The summed E-state index contributed by atoms with van der Waals surface area (Å²) < 4.78 is 0. The quantitative estimate of drug-likeness (QED) is 0.419. The fourth-order valence-electron chi connectivity index (χ4n) is 4.31. The van der Waals surface area contributed by atoms with Crippen molar-refractivity contribution >= 4 is 29.6 Å². The van der Waals surface area contributed by atoms with Crippen LogP contribution in [0, 0.1) is 0 Å². The Balaban J connectivity index is 1.47. The minimum absolute atomic E-state index is 0.0381. The van der Waals surface area contributed by atoms with Crippen molar-refractivity contribution in [2.45, 2.75) is 50.1 Å². The largest absolute Gasteiger partial charge is 0.349 e. The molecule has 0 saturated heterocycles. The molecular weight excluding hydrogens is 380 g/mol. The molecule has 1 fully saturated rings. The Morgan fingerprint density at radius 2 is 2.14 bits per heavy atom. The fourth-order valence-corrected chi connectivity index (χ4v) is 4.75. The number of nitrogens with zero attached hydrogens (tertiary/aromatic N) is 2. The third-order valence-corrected chi connectivity index (χ3v) is 6.39. The van der Waals surface area contributed by atoms with Crippen LogP contribution in [0.1, 0.15) is 48.7 Å². The highest BCUT2D eigenvalue weighted by molar-refractivity contribution is 7.81. The monoisotopic (exact) mass is 408 g/mol. The summed E-state index contributed by atoms with van der Waals surface area (Å²) in [5.41, 5.74) is 3.57. The SMILES string of the molecule is CCN(C(=O)c1cc2ncccc2[nH]1)[C@H]1CCCC(S)(NCc2ccccc2)C1. The van der Waals surface area contributed by atoms with Crippen LogP contribution >= 0.6 is 12.6 Å². The summed E-state index contributed by atoms with van der Waals surface area (Å²) in [5, 5.41) is 3.63. The first-order chi connectivity index (χ1) is 14.1. The molecule has 29 heavy (non-hydrogen) atoms. The highest BCUT2D eigenvalue weighted by Gasteiger charge is 2.37. The van der Waals surface area contributed by atoms with Gasteiger partial charge in [-0.25, -0.2) is 0 Å². The minimum atomic E-state index is -0.269. The molecule has 0 bridgehead atoms. The van der Waals surface area contributed by atoms with Gasteiger partial charge in [0.25, 0.3) is 5.91 Å². The van der Waals surface area contributed by atoms with E-state index in [2.05, 4.69) is 39.6 Å². The number of aromatic amines is 1. The molecule has 5 nitrogen and oxygen atoms in total. The lowest BCUT2D eigenvalue weighted by atomic mass is 9.88. The van der Waals surface area contributed by atoms with Crippen LogP contribution in [0.5, 0.6) is 0 Å². The number of fused-ring (bicyclic) bond motifs is 1. The van der Waals surface area contributed by atoms with Crippen LogP contribution < -0.4 is 5.32 Å². The average Bonchev–Trinajstić information content (AvgIpc) is 3.18. The molecule has 2 aromatic heterocycles. The van der Waals surface area contributed by atoms with Crippen molar-refractivity contribution in [1.29, 1.82) is 0 Å². The Morgan fingerprint density at radius 3 is 2.90 bits per heavy atom. The third-order valence-electron chi connectivity index (χ3n) is 5.83. The van der Waals surface area contributed by atoms with Gasteiger partial charge in [-0.2, -0.15) is 12.6 Å². The highest BCUT2D eigenvalue weighted by Crippen LogP contribution is 2.35. The number of rotatable bonds is 6. The maximum Gasteiger partial charge on any atom is 0.270 e. The highest BCUT2D eigenvalue weighted by atomic mass is 32.1. The van der Waals surface area contributed by atoms with E-state index in [1.165, 1.54) is 5.56 Å². The van der Waals surface area contributed by atoms with Crippen LogP contribution in [-0.2, 0) is 6.54 Å². The second-order valence-corrected chi connectivity index (χ2v) is 8.69. The van der Waals surface area contributed by atoms with E-state index >= 15 is 0 Å². The summed E-state index contributed by atoms with van der Waals surface area (Å²) >= 11 is 5.00. The number of carbonyl (C=O) groups is 1. The number of thiol groups is 1. The molecular formula is C23H28N4OS. The van der Waals surface area contributed by atoms with Gasteiger partial charge in [-0.3, -0.25) is 15.1 Å². The molecule has 4 rings (SSSR count). The van der Waals surface area contributed by atoms with Gasteiger partial charge in [-0.05, 0) is 56.4 Å². The number of hydrogen-bond donors (Lipinski definition) is 3. The summed E-state index contributed by atoms with van der Waals surface area (Å²) in [5.74, 6) is 0.0381. The van der Waals surface area contributed by atoms with E-state index < -0.39 is 0 Å². The molecule has 1 aliphatic rings. The van der Waals surface area contributed by atoms with Crippen molar-refractivity contribution in [3.05, 3.63) is 66.0 Å². The Hall–Kier alpha value is -2.31. The van der Waals surface area contributed by atoms with Crippen LogP contribution in [0.2, 0.25) is 0 Å². The van der Waals surface area contributed by atoms with Crippen LogP contribution in [-0.4, -0.2) is 38.2 Å². The normalized spacial score (nSPS) is 21.9. The van der Waals surface area contributed by atoms with Gasteiger partial charge in [0.05, 0.1) is 15.9 Å². The van der Waals surface area contributed by atoms with Gasteiger partial charge in [-0.1, -0.05) is 30.3 Å². The van der Waals surface area contributed by atoms with Crippen LogP contribution in [0.15, 0.2) is 54.7 Å². The van der Waals surface area contributed by atoms with Gasteiger partial charge in [-0.15, -0.1) is 0 Å². The van der Waals surface area contributed by atoms with Crippen LogP contribution in [0.25, 0.3) is 11.0 Å². The molecule has 1 saturated carbocycles. The van der Waals surface area contributed by atoms with Crippen molar-refractivity contribution in [2.24, 2.45) is 0 Å². The molecule has 2 heterocycles. The third kappa shape index (κ3) is 4.49. The Bertz CT molecular complexity index is 940. The maximum absolute atomic E-state index is 13.3. The number of H-pyrrole nitrogens is 1. The van der Waals surface area contributed by atoms with Crippen LogP contribution in [0.3, 0.4) is 0 Å². The standard InChI is InChI=1S/C23H28N4OS/c1-2-27(22(28)21-14-20-19(26-21)11-7-13-24-20)18-10-6-12-23(29,15-18)25-16-17-8-4-3-5-9-17/h3-5,7-9,11,13-14,18,25-26,29H,2,6,10,12,15-16H2,1H3/t18-,23?/m0/s1. The molecule has 152 valence electrons. The summed E-state index contributed by atoms with van der Waals surface area (Å²) in [7, 11) is 0. The van der Waals surface area contributed by atoms with E-state index in [1.54, 1.807) is 6.20 Å². The Morgan fingerprint density at radius 1 is 1.31 bits per heavy atom. The second-order valence-electron chi connectivity index (χ2n) is 7.83. The number of pyridine rings is 1. The van der Waals surface area contributed by atoms with Crippen molar-refractivity contribution in [2.75, 3.05) is 6.54 Å². The molecule has 2 N–H and O–H groups in total. The lowest BCUT2D eigenvalue weighted by Crippen LogP contribution is -2.51. The molecule has 1 amide bonds. The number of amides is 1. The van der Waals surface area contributed by atoms with Crippen LogP contribution in [0.4, 0.5) is 0 Å². The fraction of sp³-hybridized carbons (Fsp3) is 0.391. The topological polar surface area (TPSA) is 61.0 Å². The molecule has 1 aromatic carbocycles. The first kappa shape index (κ1) is 20.0. The number of nitrogens with one attached hydrogen (secondary N) is 2. The van der Waals surface area contributed by atoms with Gasteiger partial charge in [0, 0.05) is 25.3 Å². The summed E-state index contributed by atoms with van der Waals surface area (Å²) in [4.78, 5) is 22.5. The zero-order valence-electron chi connectivity index (χ0n) is 16.8. The smallest absolute Gasteiger partial charge is 0.270 e. The molecule has 0 aliphatic heterocycles. The lowest BCUT2D eigenvalue weighted by Gasteiger charge is -2.42. The molecule has 0 radical (unpaired) electrons. The predicted octanol–water partition coefficient (Wildman–Crippen LogP) is 4.38. The summed E-state index contributed by atoms with van der Waals surface area (Å²) in [6.07, 6.45) is 5.64. The predicted molar refractivity (Wildman–Crippen MR) is 120 cm³/mol. The van der Waals surface area contributed by atoms with Gasteiger partial charge in [0.2, 0.25) is 0 Å². The van der Waals surface area contributed by atoms with E-state index in [-0.39, 0.29) is 16.8 Å². The average molecular weight is 409 g/mol. The molecule has 1 aliphatic carbocycles. The number of hydrogen-bond acceptors (Lipinski definition) is 4. The number of benzene rings is 1. The number of carbonyl (C=O) groups excluding carboxylic acids is 1. The van der Waals surface area contributed by atoms with Gasteiger partial charge in [0.15, 0.2) is 0 Å². The first-order valence-corrected chi connectivity index (χ1v) is 10.8. The minimum Gasteiger partial charge on any atom is -0.349 e. The van der Waals surface area contributed by atoms with Crippen molar-refractivity contribution in [1.82, 2.24) is 20.2 Å². The summed E-state index contributed by atoms with van der Waals surface area (Å²) in [6.45, 7) is 3.50. The van der Waals surface area contributed by atoms with Gasteiger partial charge in [0.1, 0.15) is 5.69 Å². The molecule has 6 heteroatoms. The zero-order valence-corrected chi connectivity index (χ0v) is 17.7. The van der Waals surface area contributed by atoms with E-state index in [0.717, 1.165) is 43.3 Å². The molecule has 1 unspecified atom stereocenters. The summed E-state index contributed by atoms with van der Waals surface area (Å²) in [6, 6.07) is 16.2. The molecule has 2 atom stereocenters. The Labute approximate surface area is 177 Å². The second kappa shape index (κ2) is 8.59. The molecule has 0 spiro atoms. The van der Waals surface area contributed by atoms with Crippen molar-refractivity contribution < 1.29 is 4.79 Å². The molecule has 3 aromatic rings. The zero-order chi connectivity index (χ0) is 20.3.